The van der Waals surface area contributed by atoms with Gasteiger partial charge in [-0.15, -0.1) is 0 Å². The van der Waals surface area contributed by atoms with Gasteiger partial charge >= 0.3 is 5.97 Å². The number of carbonyl (C=O) groups excluding carboxylic acids is 2. The molecule has 0 radical (unpaired) electrons. The Labute approximate surface area is 181 Å². The molecule has 0 saturated carbocycles. The second-order valence-electron chi connectivity index (χ2n) is 7.44. The van der Waals surface area contributed by atoms with Gasteiger partial charge in [-0.2, -0.15) is 0 Å². The summed E-state index contributed by atoms with van der Waals surface area (Å²) < 4.78 is 5.42. The van der Waals surface area contributed by atoms with Crippen LogP contribution in [0.1, 0.15) is 38.8 Å². The molecule has 4 nitrogen and oxygen atoms in total. The molecule has 1 aromatic heterocycles. The maximum atomic E-state index is 13.0. The third-order valence-electron chi connectivity index (χ3n) is 5.35. The maximum Gasteiger partial charge on any atom is 0.339 e. The summed E-state index contributed by atoms with van der Waals surface area (Å²) in [5.41, 5.74) is 5.41. The predicted octanol–water partition coefficient (Wildman–Crippen LogP) is 5.81. The molecule has 0 aliphatic rings. The van der Waals surface area contributed by atoms with Crippen molar-refractivity contribution < 1.29 is 14.3 Å². The molecule has 0 aliphatic heterocycles. The third-order valence-corrected chi connectivity index (χ3v) is 5.35. The first kappa shape index (κ1) is 20.5. The molecule has 1 heterocycles. The lowest BCUT2D eigenvalue weighted by Crippen LogP contribution is -2.15. The Morgan fingerprint density at radius 2 is 1.65 bits per heavy atom. The molecule has 31 heavy (non-hydrogen) atoms. The van der Waals surface area contributed by atoms with Crippen LogP contribution in [0, 0.1) is 6.92 Å². The SMILES string of the molecule is CCc1ccc(C(=O)COC(=O)c2cc(-c3ccccc3)nc3c(C)cccc23)cc1. The van der Waals surface area contributed by atoms with Gasteiger partial charge in [-0.1, -0.05) is 79.7 Å². The van der Waals surface area contributed by atoms with Crippen LogP contribution in [0.4, 0.5) is 0 Å². The zero-order valence-corrected chi connectivity index (χ0v) is 17.6. The minimum absolute atomic E-state index is 0.228. The number of Topliss-reactive ketones (excluding diaryl/α,β-unsaturated/α-hetero) is 1. The molecule has 154 valence electrons. The molecular weight excluding hydrogens is 386 g/mol. The highest BCUT2D eigenvalue weighted by molar-refractivity contribution is 6.06. The molecule has 0 aliphatic carbocycles. The predicted molar refractivity (Wildman–Crippen MR) is 122 cm³/mol. The number of nitrogens with zero attached hydrogens (tertiary/aromatic N) is 1. The number of aromatic nitrogens is 1. The Kier molecular flexibility index (Phi) is 5.89. The zero-order chi connectivity index (χ0) is 21.8. The molecule has 4 heteroatoms. The van der Waals surface area contributed by atoms with Crippen molar-refractivity contribution in [3.63, 3.8) is 0 Å². The fraction of sp³-hybridized carbons (Fsp3) is 0.148. The van der Waals surface area contributed by atoms with Gasteiger partial charge in [0.05, 0.1) is 16.8 Å². The fourth-order valence-corrected chi connectivity index (χ4v) is 3.54. The first-order valence-electron chi connectivity index (χ1n) is 10.3. The summed E-state index contributed by atoms with van der Waals surface area (Å²) in [5.74, 6) is -0.762. The van der Waals surface area contributed by atoms with E-state index < -0.39 is 5.97 Å². The number of aryl methyl sites for hydroxylation is 2. The van der Waals surface area contributed by atoms with Crippen molar-refractivity contribution >= 4 is 22.7 Å². The molecule has 0 saturated heterocycles. The van der Waals surface area contributed by atoms with E-state index in [0.29, 0.717) is 22.2 Å². The van der Waals surface area contributed by atoms with Crippen LogP contribution in [0.25, 0.3) is 22.2 Å². The van der Waals surface area contributed by atoms with Crippen molar-refractivity contribution in [2.45, 2.75) is 20.3 Å². The van der Waals surface area contributed by atoms with E-state index in [1.807, 2.05) is 67.6 Å². The van der Waals surface area contributed by atoms with Crippen LogP contribution in [-0.2, 0) is 11.2 Å². The average Bonchev–Trinajstić information content (AvgIpc) is 2.82. The molecule has 4 rings (SSSR count). The van der Waals surface area contributed by atoms with Crippen LogP contribution in [0.2, 0.25) is 0 Å². The monoisotopic (exact) mass is 409 g/mol. The highest BCUT2D eigenvalue weighted by Crippen LogP contribution is 2.27. The smallest absolute Gasteiger partial charge is 0.339 e. The second-order valence-corrected chi connectivity index (χ2v) is 7.44. The van der Waals surface area contributed by atoms with E-state index in [9.17, 15) is 9.59 Å². The van der Waals surface area contributed by atoms with Crippen LogP contribution in [0.5, 0.6) is 0 Å². The third kappa shape index (κ3) is 4.38. The van der Waals surface area contributed by atoms with Crippen LogP contribution < -0.4 is 0 Å². The van der Waals surface area contributed by atoms with Gasteiger partial charge in [0, 0.05) is 16.5 Å². The molecule has 0 N–H and O–H groups in total. The topological polar surface area (TPSA) is 56.3 Å². The fourth-order valence-electron chi connectivity index (χ4n) is 3.54. The molecule has 0 atom stereocenters. The van der Waals surface area contributed by atoms with Gasteiger partial charge in [0.2, 0.25) is 0 Å². The largest absolute Gasteiger partial charge is 0.454 e. The summed E-state index contributed by atoms with van der Waals surface area (Å²) in [7, 11) is 0. The zero-order valence-electron chi connectivity index (χ0n) is 17.6. The Balaban J connectivity index is 1.63. The average molecular weight is 409 g/mol. The first-order valence-corrected chi connectivity index (χ1v) is 10.3. The Hall–Kier alpha value is -3.79. The normalized spacial score (nSPS) is 10.8. The Bertz CT molecular complexity index is 1240. The van der Waals surface area contributed by atoms with Crippen molar-refractivity contribution in [3.8, 4) is 11.3 Å². The number of carbonyl (C=O) groups is 2. The number of hydrogen-bond acceptors (Lipinski definition) is 4. The van der Waals surface area contributed by atoms with E-state index in [0.717, 1.165) is 28.6 Å². The molecule has 4 aromatic rings. The van der Waals surface area contributed by atoms with Crippen molar-refractivity contribution in [2.24, 2.45) is 0 Å². The van der Waals surface area contributed by atoms with Gasteiger partial charge in [0.15, 0.2) is 12.4 Å². The highest BCUT2D eigenvalue weighted by atomic mass is 16.5. The summed E-state index contributed by atoms with van der Waals surface area (Å²) in [5, 5.41) is 0.712. The molecule has 3 aromatic carbocycles. The Morgan fingerprint density at radius 3 is 2.35 bits per heavy atom. The number of benzene rings is 3. The van der Waals surface area contributed by atoms with Gasteiger partial charge < -0.3 is 4.74 Å². The number of esters is 1. The standard InChI is InChI=1S/C27H23NO3/c1-3-19-12-14-21(15-13-19)25(29)17-31-27(30)23-16-24(20-9-5-4-6-10-20)28-26-18(2)8-7-11-22(23)26/h4-16H,3,17H2,1-2H3. The van der Waals surface area contributed by atoms with Crippen molar-refractivity contribution in [1.82, 2.24) is 4.98 Å². The van der Waals surface area contributed by atoms with E-state index in [1.54, 1.807) is 18.2 Å². The van der Waals surface area contributed by atoms with Gasteiger partial charge in [0.25, 0.3) is 0 Å². The molecule has 0 amide bonds. The molecule has 0 unspecified atom stereocenters. The number of rotatable bonds is 6. The molecular formula is C27H23NO3. The summed E-state index contributed by atoms with van der Waals surface area (Å²) in [6, 6.07) is 24.5. The number of pyridine rings is 1. The van der Waals surface area contributed by atoms with E-state index in [1.165, 1.54) is 0 Å². The summed E-state index contributed by atoms with van der Waals surface area (Å²) in [6.07, 6.45) is 0.905. The Morgan fingerprint density at radius 1 is 0.903 bits per heavy atom. The van der Waals surface area contributed by atoms with Crippen LogP contribution in [-0.4, -0.2) is 23.3 Å². The van der Waals surface area contributed by atoms with Crippen LogP contribution in [0.15, 0.2) is 78.9 Å². The minimum Gasteiger partial charge on any atom is -0.454 e. The van der Waals surface area contributed by atoms with Crippen LogP contribution in [0.3, 0.4) is 0 Å². The van der Waals surface area contributed by atoms with E-state index in [2.05, 4.69) is 6.92 Å². The van der Waals surface area contributed by atoms with Gasteiger partial charge in [-0.25, -0.2) is 9.78 Å². The van der Waals surface area contributed by atoms with E-state index >= 15 is 0 Å². The molecule has 0 bridgehead atoms. The number of ketones is 1. The number of para-hydroxylation sites is 1. The van der Waals surface area contributed by atoms with Gasteiger partial charge in [-0.05, 0) is 30.5 Å². The lowest BCUT2D eigenvalue weighted by molar-refractivity contribution is 0.0476. The summed E-state index contributed by atoms with van der Waals surface area (Å²) in [4.78, 5) is 30.3. The summed E-state index contributed by atoms with van der Waals surface area (Å²) >= 11 is 0. The minimum atomic E-state index is -0.534. The highest BCUT2D eigenvalue weighted by Gasteiger charge is 2.18. The number of hydrogen-bond donors (Lipinski definition) is 0. The first-order chi connectivity index (χ1) is 15.1. The number of fused-ring (bicyclic) bond motifs is 1. The van der Waals surface area contributed by atoms with Gasteiger partial charge in [-0.3, -0.25) is 4.79 Å². The van der Waals surface area contributed by atoms with Gasteiger partial charge in [0.1, 0.15) is 0 Å². The van der Waals surface area contributed by atoms with Crippen LogP contribution >= 0.6 is 0 Å². The molecule has 0 spiro atoms. The number of ether oxygens (including phenoxy) is 1. The quantitative estimate of drug-likeness (QED) is 0.298. The van der Waals surface area contributed by atoms with E-state index in [4.69, 9.17) is 9.72 Å². The summed E-state index contributed by atoms with van der Waals surface area (Å²) in [6.45, 7) is 3.71. The van der Waals surface area contributed by atoms with Crippen molar-refractivity contribution in [2.75, 3.05) is 6.61 Å². The lowest BCUT2D eigenvalue weighted by atomic mass is 10.0. The van der Waals surface area contributed by atoms with Crippen molar-refractivity contribution in [1.29, 1.82) is 0 Å². The van der Waals surface area contributed by atoms with Crippen molar-refractivity contribution in [3.05, 3.63) is 101 Å². The van der Waals surface area contributed by atoms with E-state index in [-0.39, 0.29) is 12.4 Å². The second kappa shape index (κ2) is 8.92. The lowest BCUT2D eigenvalue weighted by Gasteiger charge is -2.11. The molecule has 0 fully saturated rings. The maximum absolute atomic E-state index is 13.0.